The van der Waals surface area contributed by atoms with Crippen LogP contribution in [0.2, 0.25) is 0 Å². The van der Waals surface area contributed by atoms with Gasteiger partial charge in [-0.25, -0.2) is 4.98 Å². The van der Waals surface area contributed by atoms with Crippen LogP contribution in [0.15, 0.2) is 60.9 Å². The van der Waals surface area contributed by atoms with Gasteiger partial charge in [-0.3, -0.25) is 15.0 Å². The summed E-state index contributed by atoms with van der Waals surface area (Å²) in [7, 11) is 0. The molecule has 30 heavy (non-hydrogen) atoms. The molecule has 0 atom stereocenters. The normalized spacial score (nSPS) is 15.5. The topological polar surface area (TPSA) is 87.2 Å². The highest BCUT2D eigenvalue weighted by Gasteiger charge is 2.17. The zero-order chi connectivity index (χ0) is 20.3. The lowest BCUT2D eigenvalue weighted by Gasteiger charge is -2.29. The van der Waals surface area contributed by atoms with E-state index in [0.29, 0.717) is 5.88 Å². The molecule has 0 amide bonds. The molecule has 0 aliphatic carbocycles. The smallest absolute Gasteiger partial charge is 0.219 e. The SMILES string of the molecule is OC1CCN(Cc2ccc3cc(Oc4ccc(-c5ccn[nH]5)cn4)ccc3n2)CC1. The van der Waals surface area contributed by atoms with Crippen molar-refractivity contribution in [3.05, 3.63) is 66.6 Å². The zero-order valence-corrected chi connectivity index (χ0v) is 16.5. The maximum absolute atomic E-state index is 9.66. The Bertz CT molecular complexity index is 1120. The van der Waals surface area contributed by atoms with Crippen LogP contribution in [0, 0.1) is 0 Å². The maximum atomic E-state index is 9.66. The number of nitrogens with zero attached hydrogens (tertiary/aromatic N) is 4. The molecular weight excluding hydrogens is 378 g/mol. The summed E-state index contributed by atoms with van der Waals surface area (Å²) in [6, 6.07) is 15.7. The van der Waals surface area contributed by atoms with E-state index < -0.39 is 0 Å². The molecule has 1 saturated heterocycles. The van der Waals surface area contributed by atoms with Crippen molar-refractivity contribution in [3.8, 4) is 22.9 Å². The summed E-state index contributed by atoms with van der Waals surface area (Å²) in [5, 5.41) is 17.6. The van der Waals surface area contributed by atoms with Gasteiger partial charge >= 0.3 is 0 Å². The highest BCUT2D eigenvalue weighted by Crippen LogP contribution is 2.26. The van der Waals surface area contributed by atoms with Crippen molar-refractivity contribution < 1.29 is 9.84 Å². The molecular formula is C23H23N5O2. The van der Waals surface area contributed by atoms with Crippen molar-refractivity contribution in [1.29, 1.82) is 0 Å². The molecule has 4 aromatic rings. The summed E-state index contributed by atoms with van der Waals surface area (Å²) in [5.74, 6) is 1.26. The van der Waals surface area contributed by atoms with Crippen molar-refractivity contribution in [2.45, 2.75) is 25.5 Å². The first-order valence-corrected chi connectivity index (χ1v) is 10.2. The number of fused-ring (bicyclic) bond motifs is 1. The van der Waals surface area contributed by atoms with Crippen LogP contribution in [0.1, 0.15) is 18.5 Å². The average molecular weight is 401 g/mol. The number of pyridine rings is 2. The predicted molar refractivity (Wildman–Crippen MR) is 114 cm³/mol. The number of rotatable bonds is 5. The third-order valence-corrected chi connectivity index (χ3v) is 5.43. The number of ether oxygens (including phenoxy) is 1. The van der Waals surface area contributed by atoms with Gasteiger partial charge in [-0.05, 0) is 49.2 Å². The number of aliphatic hydroxyl groups is 1. The molecule has 1 aromatic carbocycles. The van der Waals surface area contributed by atoms with Gasteiger partial charge in [0.05, 0.1) is 23.0 Å². The average Bonchev–Trinajstić information content (AvgIpc) is 3.31. The number of piperidine rings is 1. The van der Waals surface area contributed by atoms with E-state index >= 15 is 0 Å². The Kier molecular flexibility index (Phi) is 5.13. The molecule has 1 aliphatic heterocycles. The fraction of sp³-hybridized carbons (Fsp3) is 0.261. The van der Waals surface area contributed by atoms with Gasteiger partial charge in [-0.1, -0.05) is 6.07 Å². The Morgan fingerprint density at radius 2 is 1.97 bits per heavy atom. The fourth-order valence-electron chi connectivity index (χ4n) is 3.74. The Labute approximate surface area is 174 Å². The van der Waals surface area contributed by atoms with Crippen LogP contribution in [0.25, 0.3) is 22.2 Å². The van der Waals surface area contributed by atoms with Crippen LogP contribution >= 0.6 is 0 Å². The Morgan fingerprint density at radius 1 is 1.07 bits per heavy atom. The molecule has 152 valence electrons. The van der Waals surface area contributed by atoms with Gasteiger partial charge in [0.25, 0.3) is 0 Å². The van der Waals surface area contributed by atoms with Gasteiger partial charge in [0.1, 0.15) is 5.75 Å². The second kappa shape index (κ2) is 8.22. The minimum atomic E-state index is -0.152. The van der Waals surface area contributed by atoms with Crippen LogP contribution in [0.5, 0.6) is 11.6 Å². The summed E-state index contributed by atoms with van der Waals surface area (Å²) in [5.41, 5.74) is 3.86. The molecule has 5 rings (SSSR count). The Morgan fingerprint density at radius 3 is 2.73 bits per heavy atom. The fourth-order valence-corrected chi connectivity index (χ4v) is 3.74. The zero-order valence-electron chi connectivity index (χ0n) is 16.5. The second-order valence-corrected chi connectivity index (χ2v) is 7.62. The van der Waals surface area contributed by atoms with Crippen LogP contribution < -0.4 is 4.74 Å². The number of benzene rings is 1. The van der Waals surface area contributed by atoms with Gasteiger partial charge in [0.2, 0.25) is 5.88 Å². The largest absolute Gasteiger partial charge is 0.439 e. The molecule has 0 radical (unpaired) electrons. The Hall–Kier alpha value is -3.29. The second-order valence-electron chi connectivity index (χ2n) is 7.62. The van der Waals surface area contributed by atoms with E-state index in [2.05, 4.69) is 32.2 Å². The van der Waals surface area contributed by atoms with Gasteiger partial charge in [-0.15, -0.1) is 0 Å². The molecule has 1 fully saturated rings. The number of nitrogens with one attached hydrogen (secondary N) is 1. The first kappa shape index (κ1) is 18.7. The predicted octanol–water partition coefficient (Wildman–Crippen LogP) is 3.77. The van der Waals surface area contributed by atoms with Crippen molar-refractivity contribution in [1.82, 2.24) is 25.1 Å². The third kappa shape index (κ3) is 4.17. The van der Waals surface area contributed by atoms with E-state index in [9.17, 15) is 5.11 Å². The minimum Gasteiger partial charge on any atom is -0.439 e. The third-order valence-electron chi connectivity index (χ3n) is 5.43. The van der Waals surface area contributed by atoms with Gasteiger partial charge in [0.15, 0.2) is 0 Å². The number of hydrogen-bond acceptors (Lipinski definition) is 6. The van der Waals surface area contributed by atoms with Crippen LogP contribution in [0.4, 0.5) is 0 Å². The van der Waals surface area contributed by atoms with Crippen LogP contribution in [0.3, 0.4) is 0 Å². The molecule has 7 heteroatoms. The number of H-pyrrole nitrogens is 1. The molecule has 0 bridgehead atoms. The molecule has 1 aliphatic rings. The van der Waals surface area contributed by atoms with Gasteiger partial charge in [0, 0.05) is 49.0 Å². The summed E-state index contributed by atoms with van der Waals surface area (Å²) in [4.78, 5) is 11.5. The summed E-state index contributed by atoms with van der Waals surface area (Å²) < 4.78 is 5.92. The van der Waals surface area contributed by atoms with Crippen molar-refractivity contribution in [3.63, 3.8) is 0 Å². The molecule has 3 aromatic heterocycles. The van der Waals surface area contributed by atoms with Crippen molar-refractivity contribution in [2.24, 2.45) is 0 Å². The number of hydrogen-bond donors (Lipinski definition) is 2. The first-order valence-electron chi connectivity index (χ1n) is 10.2. The lowest BCUT2D eigenvalue weighted by molar-refractivity contribution is 0.0787. The summed E-state index contributed by atoms with van der Waals surface area (Å²) in [6.07, 6.45) is 5.00. The summed E-state index contributed by atoms with van der Waals surface area (Å²) >= 11 is 0. The van der Waals surface area contributed by atoms with E-state index in [1.54, 1.807) is 12.4 Å². The van der Waals surface area contributed by atoms with Gasteiger partial charge in [-0.2, -0.15) is 5.10 Å². The lowest BCUT2D eigenvalue weighted by atomic mass is 10.1. The standard InChI is InChI=1S/C23H23N5O2/c29-19-8-11-28(12-9-19)15-18-3-1-16-13-20(4-5-21(16)26-18)30-23-6-2-17(14-24-23)22-7-10-25-27-22/h1-7,10,13-14,19,29H,8-9,11-12,15H2,(H,25,27). The first-order chi connectivity index (χ1) is 14.7. The highest BCUT2D eigenvalue weighted by atomic mass is 16.5. The minimum absolute atomic E-state index is 0.152. The van der Waals surface area contributed by atoms with E-state index in [1.165, 1.54) is 0 Å². The molecule has 4 heterocycles. The molecule has 0 spiro atoms. The molecule has 0 unspecified atom stereocenters. The summed E-state index contributed by atoms with van der Waals surface area (Å²) in [6.45, 7) is 2.65. The van der Waals surface area contributed by atoms with E-state index in [4.69, 9.17) is 9.72 Å². The number of aromatic nitrogens is 4. The highest BCUT2D eigenvalue weighted by molar-refractivity contribution is 5.80. The Balaban J connectivity index is 1.28. The number of likely N-dealkylation sites (tertiary alicyclic amines) is 1. The van der Waals surface area contributed by atoms with Crippen LogP contribution in [-0.4, -0.2) is 49.4 Å². The number of aromatic amines is 1. The van der Waals surface area contributed by atoms with Gasteiger partial charge < -0.3 is 9.84 Å². The van der Waals surface area contributed by atoms with E-state index in [0.717, 1.165) is 66.1 Å². The molecule has 0 saturated carbocycles. The molecule has 7 nitrogen and oxygen atoms in total. The monoisotopic (exact) mass is 401 g/mol. The maximum Gasteiger partial charge on any atom is 0.219 e. The quantitative estimate of drug-likeness (QED) is 0.529. The van der Waals surface area contributed by atoms with E-state index in [1.807, 2.05) is 36.4 Å². The van der Waals surface area contributed by atoms with E-state index in [-0.39, 0.29) is 6.10 Å². The lowest BCUT2D eigenvalue weighted by Crippen LogP contribution is -2.35. The number of aliphatic hydroxyl groups excluding tert-OH is 1. The van der Waals surface area contributed by atoms with Crippen molar-refractivity contribution in [2.75, 3.05) is 13.1 Å². The van der Waals surface area contributed by atoms with Crippen LogP contribution in [-0.2, 0) is 6.54 Å². The van der Waals surface area contributed by atoms with Crippen molar-refractivity contribution >= 4 is 10.9 Å². The molecule has 2 N–H and O–H groups in total.